The van der Waals surface area contributed by atoms with Crippen molar-refractivity contribution in [2.24, 2.45) is 0 Å². The second-order valence-corrected chi connectivity index (χ2v) is 5.00. The van der Waals surface area contributed by atoms with Crippen molar-refractivity contribution in [1.82, 2.24) is 4.90 Å². The van der Waals surface area contributed by atoms with Crippen LogP contribution in [0.1, 0.15) is 46.0 Å². The van der Waals surface area contributed by atoms with Gasteiger partial charge in [0.15, 0.2) is 0 Å². The summed E-state index contributed by atoms with van der Waals surface area (Å²) in [5.41, 5.74) is 0.410. The molecule has 15 heavy (non-hydrogen) atoms. The summed E-state index contributed by atoms with van der Waals surface area (Å²) in [5.74, 6) is -0.0290. The summed E-state index contributed by atoms with van der Waals surface area (Å²) in [7, 11) is 0. The Bertz CT molecular complexity index is 248. The molecule has 2 aliphatic rings. The third kappa shape index (κ3) is 2.33. The first-order valence-corrected chi connectivity index (χ1v) is 6.08. The lowest BCUT2D eigenvalue weighted by Crippen LogP contribution is -2.40. The minimum absolute atomic E-state index is 0.0290. The fraction of sp³-hybridized carbons (Fsp3) is 0.917. The molecule has 0 spiro atoms. The standard InChI is InChI=1S/C12H21NO2/c1-3-15-11(14)9-10-5-4-8-13(10)12(2)6-7-12/h10H,3-9H2,1-2H3/t10-/m0/s1. The summed E-state index contributed by atoms with van der Waals surface area (Å²) in [6.45, 7) is 5.85. The second kappa shape index (κ2) is 4.12. The van der Waals surface area contributed by atoms with Crippen molar-refractivity contribution in [3.05, 3.63) is 0 Å². The van der Waals surface area contributed by atoms with E-state index in [9.17, 15) is 4.79 Å². The molecular weight excluding hydrogens is 190 g/mol. The van der Waals surface area contributed by atoms with E-state index in [1.807, 2.05) is 6.92 Å². The normalized spacial score (nSPS) is 29.1. The number of carbonyl (C=O) groups is 1. The van der Waals surface area contributed by atoms with Gasteiger partial charge in [-0.3, -0.25) is 9.69 Å². The summed E-state index contributed by atoms with van der Waals surface area (Å²) >= 11 is 0. The van der Waals surface area contributed by atoms with Crippen LogP contribution in [-0.2, 0) is 9.53 Å². The van der Waals surface area contributed by atoms with E-state index < -0.39 is 0 Å². The lowest BCUT2D eigenvalue weighted by atomic mass is 10.1. The van der Waals surface area contributed by atoms with Crippen molar-refractivity contribution in [2.75, 3.05) is 13.2 Å². The molecule has 3 heteroatoms. The second-order valence-electron chi connectivity index (χ2n) is 5.00. The third-order valence-corrected chi connectivity index (χ3v) is 3.75. The number of likely N-dealkylation sites (tertiary alicyclic amines) is 1. The Morgan fingerprint density at radius 1 is 1.53 bits per heavy atom. The topological polar surface area (TPSA) is 29.5 Å². The highest BCUT2D eigenvalue weighted by Gasteiger charge is 2.47. The van der Waals surface area contributed by atoms with Gasteiger partial charge >= 0.3 is 5.97 Å². The summed E-state index contributed by atoms with van der Waals surface area (Å²) in [5, 5.41) is 0. The summed E-state index contributed by atoms with van der Waals surface area (Å²) in [4.78, 5) is 14.0. The van der Waals surface area contributed by atoms with Gasteiger partial charge in [0.25, 0.3) is 0 Å². The molecule has 0 bridgehead atoms. The zero-order chi connectivity index (χ0) is 10.9. The van der Waals surface area contributed by atoms with Crippen molar-refractivity contribution >= 4 is 5.97 Å². The van der Waals surface area contributed by atoms with Gasteiger partial charge in [-0.05, 0) is 46.1 Å². The molecule has 1 heterocycles. The van der Waals surface area contributed by atoms with E-state index in [-0.39, 0.29) is 5.97 Å². The van der Waals surface area contributed by atoms with Crippen molar-refractivity contribution < 1.29 is 9.53 Å². The number of nitrogens with zero attached hydrogens (tertiary/aromatic N) is 1. The van der Waals surface area contributed by atoms with Crippen LogP contribution in [0, 0.1) is 0 Å². The summed E-state index contributed by atoms with van der Waals surface area (Å²) in [6, 6.07) is 0.441. The maximum absolute atomic E-state index is 11.4. The molecule has 1 aliphatic heterocycles. The van der Waals surface area contributed by atoms with Crippen LogP contribution in [0.25, 0.3) is 0 Å². The van der Waals surface area contributed by atoms with Crippen molar-refractivity contribution in [3.8, 4) is 0 Å². The van der Waals surface area contributed by atoms with Gasteiger partial charge in [-0.2, -0.15) is 0 Å². The molecule has 0 amide bonds. The Morgan fingerprint density at radius 2 is 2.27 bits per heavy atom. The first-order valence-electron chi connectivity index (χ1n) is 6.08. The summed E-state index contributed by atoms with van der Waals surface area (Å²) < 4.78 is 5.02. The predicted molar refractivity (Wildman–Crippen MR) is 58.6 cm³/mol. The van der Waals surface area contributed by atoms with E-state index in [4.69, 9.17) is 4.74 Å². The van der Waals surface area contributed by atoms with E-state index in [0.717, 1.165) is 6.42 Å². The maximum Gasteiger partial charge on any atom is 0.307 e. The van der Waals surface area contributed by atoms with Crippen molar-refractivity contribution in [2.45, 2.75) is 57.5 Å². The number of ether oxygens (including phenoxy) is 1. The van der Waals surface area contributed by atoms with E-state index in [2.05, 4.69) is 11.8 Å². The molecule has 1 saturated carbocycles. The van der Waals surface area contributed by atoms with Gasteiger partial charge in [0.1, 0.15) is 0 Å². The molecule has 0 N–H and O–H groups in total. The quantitative estimate of drug-likeness (QED) is 0.666. The highest BCUT2D eigenvalue weighted by molar-refractivity contribution is 5.70. The Hall–Kier alpha value is -0.570. The molecule has 1 aliphatic carbocycles. The number of hydrogen-bond donors (Lipinski definition) is 0. The maximum atomic E-state index is 11.4. The molecule has 0 aromatic heterocycles. The zero-order valence-corrected chi connectivity index (χ0v) is 9.79. The lowest BCUT2D eigenvalue weighted by Gasteiger charge is -2.30. The molecule has 2 rings (SSSR count). The number of carbonyl (C=O) groups excluding carboxylic acids is 1. The highest BCUT2D eigenvalue weighted by Crippen LogP contribution is 2.45. The molecule has 0 radical (unpaired) electrons. The SMILES string of the molecule is CCOC(=O)C[C@@H]1CCCN1C1(C)CC1. The zero-order valence-electron chi connectivity index (χ0n) is 9.79. The van der Waals surface area contributed by atoms with Crippen LogP contribution in [0.15, 0.2) is 0 Å². The van der Waals surface area contributed by atoms with Crippen LogP contribution in [0.3, 0.4) is 0 Å². The molecule has 1 saturated heterocycles. The summed E-state index contributed by atoms with van der Waals surface area (Å²) in [6.07, 6.45) is 5.58. The van der Waals surface area contributed by atoms with E-state index in [0.29, 0.717) is 24.6 Å². The highest BCUT2D eigenvalue weighted by atomic mass is 16.5. The smallest absolute Gasteiger partial charge is 0.307 e. The molecule has 1 atom stereocenters. The Labute approximate surface area is 91.8 Å². The van der Waals surface area contributed by atoms with E-state index in [1.54, 1.807) is 0 Å². The molecule has 0 unspecified atom stereocenters. The van der Waals surface area contributed by atoms with Crippen LogP contribution in [0.2, 0.25) is 0 Å². The first-order chi connectivity index (χ1) is 7.15. The van der Waals surface area contributed by atoms with Gasteiger partial charge in [0.05, 0.1) is 13.0 Å². The monoisotopic (exact) mass is 211 g/mol. The minimum atomic E-state index is -0.0290. The van der Waals surface area contributed by atoms with Crippen molar-refractivity contribution in [3.63, 3.8) is 0 Å². The van der Waals surface area contributed by atoms with Crippen LogP contribution in [-0.4, -0.2) is 35.6 Å². The minimum Gasteiger partial charge on any atom is -0.466 e. The van der Waals surface area contributed by atoms with Gasteiger partial charge in [-0.15, -0.1) is 0 Å². The number of esters is 1. The van der Waals surface area contributed by atoms with Gasteiger partial charge < -0.3 is 4.74 Å². The first kappa shape index (κ1) is 10.9. The van der Waals surface area contributed by atoms with Gasteiger partial charge in [-0.25, -0.2) is 0 Å². The molecular formula is C12H21NO2. The van der Waals surface area contributed by atoms with Crippen molar-refractivity contribution in [1.29, 1.82) is 0 Å². The number of hydrogen-bond acceptors (Lipinski definition) is 3. The molecule has 86 valence electrons. The van der Waals surface area contributed by atoms with Gasteiger partial charge in [0, 0.05) is 11.6 Å². The van der Waals surface area contributed by atoms with Gasteiger partial charge in [0.2, 0.25) is 0 Å². The Morgan fingerprint density at radius 3 is 2.87 bits per heavy atom. The molecule has 0 aromatic carbocycles. The fourth-order valence-corrected chi connectivity index (χ4v) is 2.64. The average Bonchev–Trinajstić information content (AvgIpc) is 2.76. The van der Waals surface area contributed by atoms with E-state index in [1.165, 1.54) is 25.8 Å². The van der Waals surface area contributed by atoms with E-state index >= 15 is 0 Å². The average molecular weight is 211 g/mol. The predicted octanol–water partition coefficient (Wildman–Crippen LogP) is 1.96. The van der Waals surface area contributed by atoms with Crippen LogP contribution in [0.4, 0.5) is 0 Å². The third-order valence-electron chi connectivity index (χ3n) is 3.75. The molecule has 2 fully saturated rings. The fourth-order valence-electron chi connectivity index (χ4n) is 2.64. The van der Waals surface area contributed by atoms with Crippen LogP contribution >= 0.6 is 0 Å². The van der Waals surface area contributed by atoms with Crippen LogP contribution in [0.5, 0.6) is 0 Å². The molecule has 0 aromatic rings. The molecule has 3 nitrogen and oxygen atoms in total. The van der Waals surface area contributed by atoms with Gasteiger partial charge in [-0.1, -0.05) is 0 Å². The van der Waals surface area contributed by atoms with Crippen LogP contribution < -0.4 is 0 Å². The number of rotatable bonds is 4. The largest absolute Gasteiger partial charge is 0.466 e. The Balaban J connectivity index is 1.88. The Kier molecular flexibility index (Phi) is 3.01. The lowest BCUT2D eigenvalue weighted by molar-refractivity contribution is -0.144.